The van der Waals surface area contributed by atoms with Gasteiger partial charge in [-0.2, -0.15) is 0 Å². The summed E-state index contributed by atoms with van der Waals surface area (Å²) in [7, 11) is 0. The second-order valence-electron chi connectivity index (χ2n) is 4.92. The summed E-state index contributed by atoms with van der Waals surface area (Å²) < 4.78 is 0. The van der Waals surface area contributed by atoms with Gasteiger partial charge in [0.15, 0.2) is 0 Å². The van der Waals surface area contributed by atoms with E-state index in [0.717, 1.165) is 36.2 Å². The molecule has 1 aliphatic rings. The molecule has 0 atom stereocenters. The largest absolute Gasteiger partial charge is 0.326 e. The molecule has 0 bridgehead atoms. The first-order chi connectivity index (χ1) is 9.13. The highest BCUT2D eigenvalue weighted by molar-refractivity contribution is 5.96. The molecule has 0 radical (unpaired) electrons. The van der Waals surface area contributed by atoms with Crippen molar-refractivity contribution in [2.45, 2.75) is 39.5 Å². The maximum absolute atomic E-state index is 12.0. The van der Waals surface area contributed by atoms with E-state index in [4.69, 9.17) is 0 Å². The molecule has 0 saturated heterocycles. The molecular formula is C15H20N2O2. The molecule has 2 rings (SSSR count). The summed E-state index contributed by atoms with van der Waals surface area (Å²) in [6.45, 7) is 4.05. The molecule has 2 N–H and O–H groups in total. The minimum Gasteiger partial charge on any atom is -0.326 e. The van der Waals surface area contributed by atoms with E-state index in [0.29, 0.717) is 6.42 Å². The van der Waals surface area contributed by atoms with E-state index < -0.39 is 0 Å². The van der Waals surface area contributed by atoms with Crippen molar-refractivity contribution in [1.82, 2.24) is 0 Å². The fourth-order valence-corrected chi connectivity index (χ4v) is 2.36. The molecule has 19 heavy (non-hydrogen) atoms. The van der Waals surface area contributed by atoms with Gasteiger partial charge in [0.25, 0.3) is 0 Å². The Labute approximate surface area is 113 Å². The summed E-state index contributed by atoms with van der Waals surface area (Å²) in [6.07, 6.45) is 2.94. The molecule has 0 aromatic heterocycles. The van der Waals surface area contributed by atoms with Crippen molar-refractivity contribution in [2.24, 2.45) is 5.92 Å². The van der Waals surface area contributed by atoms with Crippen molar-refractivity contribution in [3.05, 3.63) is 23.8 Å². The van der Waals surface area contributed by atoms with Crippen LogP contribution >= 0.6 is 0 Å². The minimum atomic E-state index is 0.0568. The van der Waals surface area contributed by atoms with Crippen LogP contribution in [0.3, 0.4) is 0 Å². The molecule has 1 aromatic rings. The van der Waals surface area contributed by atoms with Gasteiger partial charge in [0.05, 0.1) is 0 Å². The summed E-state index contributed by atoms with van der Waals surface area (Å²) in [6, 6.07) is 5.65. The third-order valence-corrected chi connectivity index (χ3v) is 3.62. The van der Waals surface area contributed by atoms with Crippen LogP contribution in [-0.2, 0) is 16.0 Å². The van der Waals surface area contributed by atoms with E-state index in [9.17, 15) is 9.59 Å². The summed E-state index contributed by atoms with van der Waals surface area (Å²) in [5.74, 6) is 0.196. The molecule has 0 aliphatic carbocycles. The highest BCUT2D eigenvalue weighted by atomic mass is 16.2. The van der Waals surface area contributed by atoms with Crippen LogP contribution in [0.5, 0.6) is 0 Å². The topological polar surface area (TPSA) is 58.2 Å². The van der Waals surface area contributed by atoms with Crippen molar-refractivity contribution < 1.29 is 9.59 Å². The lowest BCUT2D eigenvalue weighted by Gasteiger charge is -2.18. The number of aryl methyl sites for hydroxylation is 1. The molecule has 1 aliphatic heterocycles. The Morgan fingerprint density at radius 3 is 2.74 bits per heavy atom. The fourth-order valence-electron chi connectivity index (χ4n) is 2.36. The number of hydrogen-bond acceptors (Lipinski definition) is 2. The van der Waals surface area contributed by atoms with Crippen LogP contribution in [0, 0.1) is 5.92 Å². The average molecular weight is 260 g/mol. The monoisotopic (exact) mass is 260 g/mol. The molecular weight excluding hydrogens is 240 g/mol. The molecule has 1 heterocycles. The molecule has 4 nitrogen and oxygen atoms in total. The van der Waals surface area contributed by atoms with Gasteiger partial charge in [-0.1, -0.05) is 13.8 Å². The average Bonchev–Trinajstić information content (AvgIpc) is 2.40. The summed E-state index contributed by atoms with van der Waals surface area (Å²) in [4.78, 5) is 23.3. The summed E-state index contributed by atoms with van der Waals surface area (Å²) >= 11 is 0. The molecule has 0 saturated carbocycles. The van der Waals surface area contributed by atoms with E-state index in [-0.39, 0.29) is 17.7 Å². The molecule has 4 heteroatoms. The van der Waals surface area contributed by atoms with Crippen LogP contribution < -0.4 is 10.6 Å². The normalized spacial score (nSPS) is 13.9. The van der Waals surface area contributed by atoms with E-state index in [2.05, 4.69) is 10.6 Å². The maximum Gasteiger partial charge on any atom is 0.227 e. The van der Waals surface area contributed by atoms with Gasteiger partial charge in [-0.05, 0) is 43.0 Å². The number of benzene rings is 1. The predicted molar refractivity (Wildman–Crippen MR) is 76.1 cm³/mol. The number of nitrogens with one attached hydrogen (secondary N) is 2. The van der Waals surface area contributed by atoms with Gasteiger partial charge in [0.2, 0.25) is 11.8 Å². The van der Waals surface area contributed by atoms with Gasteiger partial charge in [-0.25, -0.2) is 0 Å². The Balaban J connectivity index is 2.10. The van der Waals surface area contributed by atoms with Gasteiger partial charge in [-0.15, -0.1) is 0 Å². The Kier molecular flexibility index (Phi) is 4.20. The number of amides is 2. The first-order valence-corrected chi connectivity index (χ1v) is 6.87. The lowest BCUT2D eigenvalue weighted by Crippen LogP contribution is -2.22. The Morgan fingerprint density at radius 1 is 1.32 bits per heavy atom. The van der Waals surface area contributed by atoms with Gasteiger partial charge >= 0.3 is 0 Å². The van der Waals surface area contributed by atoms with E-state index in [1.165, 1.54) is 0 Å². The lowest BCUT2D eigenvalue weighted by atomic mass is 10.0. The summed E-state index contributed by atoms with van der Waals surface area (Å²) in [5, 5.41) is 5.79. The minimum absolute atomic E-state index is 0.0568. The Hall–Kier alpha value is -1.84. The van der Waals surface area contributed by atoms with Crippen LogP contribution in [0.25, 0.3) is 0 Å². The predicted octanol–water partition coefficient (Wildman–Crippen LogP) is 2.95. The van der Waals surface area contributed by atoms with Crippen LogP contribution in [0.15, 0.2) is 18.2 Å². The van der Waals surface area contributed by atoms with E-state index in [1.807, 2.05) is 32.0 Å². The first-order valence-electron chi connectivity index (χ1n) is 6.87. The van der Waals surface area contributed by atoms with Gasteiger partial charge < -0.3 is 10.6 Å². The van der Waals surface area contributed by atoms with Gasteiger partial charge in [0, 0.05) is 23.7 Å². The highest BCUT2D eigenvalue weighted by Gasteiger charge is 2.17. The molecule has 0 unspecified atom stereocenters. The zero-order chi connectivity index (χ0) is 13.8. The van der Waals surface area contributed by atoms with Crippen molar-refractivity contribution in [2.75, 3.05) is 10.6 Å². The quantitative estimate of drug-likeness (QED) is 0.874. The molecule has 0 fully saturated rings. The fraction of sp³-hybridized carbons (Fsp3) is 0.467. The number of rotatable bonds is 4. The number of hydrogen-bond donors (Lipinski definition) is 2. The molecule has 2 amide bonds. The zero-order valence-electron chi connectivity index (χ0n) is 11.5. The standard InChI is InChI=1S/C15H20N2O2/c1-3-10(4-2)15(19)16-12-6-7-13-11(9-12)5-8-14(18)17-13/h6-7,9-10H,3-5,8H2,1-2H3,(H,16,19)(H,17,18). The van der Waals surface area contributed by atoms with Crippen molar-refractivity contribution in [1.29, 1.82) is 0 Å². The third kappa shape index (κ3) is 3.13. The molecule has 1 aromatic carbocycles. The van der Waals surface area contributed by atoms with E-state index >= 15 is 0 Å². The van der Waals surface area contributed by atoms with Crippen molar-refractivity contribution >= 4 is 23.2 Å². The van der Waals surface area contributed by atoms with Gasteiger partial charge in [0.1, 0.15) is 0 Å². The lowest BCUT2D eigenvalue weighted by molar-refractivity contribution is -0.120. The first kappa shape index (κ1) is 13.6. The number of fused-ring (bicyclic) bond motifs is 1. The third-order valence-electron chi connectivity index (χ3n) is 3.62. The SMILES string of the molecule is CCC(CC)C(=O)Nc1ccc2c(c1)CCC(=O)N2. The number of anilines is 2. The maximum atomic E-state index is 12.0. The van der Waals surface area contributed by atoms with Crippen LogP contribution in [0.2, 0.25) is 0 Å². The molecule has 102 valence electrons. The highest BCUT2D eigenvalue weighted by Crippen LogP contribution is 2.26. The zero-order valence-corrected chi connectivity index (χ0v) is 11.5. The summed E-state index contributed by atoms with van der Waals surface area (Å²) in [5.41, 5.74) is 2.76. The second-order valence-corrected chi connectivity index (χ2v) is 4.92. The smallest absolute Gasteiger partial charge is 0.227 e. The Morgan fingerprint density at radius 2 is 2.05 bits per heavy atom. The van der Waals surface area contributed by atoms with Crippen molar-refractivity contribution in [3.63, 3.8) is 0 Å². The van der Waals surface area contributed by atoms with Crippen LogP contribution in [0.4, 0.5) is 11.4 Å². The van der Waals surface area contributed by atoms with Crippen LogP contribution in [0.1, 0.15) is 38.7 Å². The Bertz CT molecular complexity index is 493. The van der Waals surface area contributed by atoms with Crippen LogP contribution in [-0.4, -0.2) is 11.8 Å². The van der Waals surface area contributed by atoms with E-state index in [1.54, 1.807) is 0 Å². The molecule has 0 spiro atoms. The number of carbonyl (C=O) groups excluding carboxylic acids is 2. The van der Waals surface area contributed by atoms with Gasteiger partial charge in [-0.3, -0.25) is 9.59 Å². The number of carbonyl (C=O) groups is 2. The van der Waals surface area contributed by atoms with Crippen molar-refractivity contribution in [3.8, 4) is 0 Å². The second kappa shape index (κ2) is 5.87.